The Morgan fingerprint density at radius 3 is 2.33 bits per heavy atom. The molecule has 13 nitrogen and oxygen atoms in total. The average Bonchev–Trinajstić information content (AvgIpc) is 2.73. The van der Waals surface area contributed by atoms with Gasteiger partial charge in [0.25, 0.3) is 0 Å². The number of nitrogens with one attached hydrogen (secondary N) is 1. The quantitative estimate of drug-likeness (QED) is 0.343. The number of hydrogen-bond acceptors (Lipinski definition) is 8. The monoisotopic (exact) mass is 479 g/mol. The van der Waals surface area contributed by atoms with Gasteiger partial charge in [-0.1, -0.05) is 0 Å². The van der Waals surface area contributed by atoms with Crippen LogP contribution < -0.4 is 11.0 Å². The maximum atomic E-state index is 14.9. The van der Waals surface area contributed by atoms with Crippen LogP contribution in [0, 0.1) is 0 Å². The van der Waals surface area contributed by atoms with Crippen LogP contribution in [0.4, 0.5) is 14.6 Å². The van der Waals surface area contributed by atoms with E-state index in [1.54, 1.807) is 20.8 Å². The van der Waals surface area contributed by atoms with Gasteiger partial charge in [-0.15, -0.1) is 0 Å². The topological polar surface area (TPSA) is 190 Å². The lowest BCUT2D eigenvalue weighted by molar-refractivity contribution is -0.139. The molecule has 0 saturated carbocycles. The van der Waals surface area contributed by atoms with Crippen LogP contribution in [0.5, 0.6) is 0 Å². The van der Waals surface area contributed by atoms with E-state index in [0.29, 0.717) is 4.57 Å². The number of alkyl halides is 2. The molecule has 3 atom stereocenters. The normalized spacial score (nSPS) is 24.8. The fraction of sp³-hybridized carbons (Fsp3) is 0.692. The maximum absolute atomic E-state index is 14.9. The first-order valence-corrected chi connectivity index (χ1v) is 11.3. The molecule has 17 heteroatoms. The molecule has 0 amide bonds. The molecule has 0 aromatic carbocycles. The van der Waals surface area contributed by atoms with Crippen molar-refractivity contribution in [2.45, 2.75) is 50.7 Å². The van der Waals surface area contributed by atoms with Gasteiger partial charge in [0.1, 0.15) is 11.9 Å². The van der Waals surface area contributed by atoms with Crippen molar-refractivity contribution < 1.29 is 51.3 Å². The van der Waals surface area contributed by atoms with E-state index in [4.69, 9.17) is 24.3 Å². The molecule has 1 saturated heterocycles. The summed E-state index contributed by atoms with van der Waals surface area (Å²) < 4.78 is 65.2. The standard InChI is InChI=1S/C13H21F2N3O10P2/c1-12(2,3)17-8-4-5-18(11(19)16-8)10-13(14,15)9(28-30(23,24)25)7(27-10)6-26-29(20,21)22/h4-5,7,9-10H,6H2,1-3H3,(H,16,17,19)(H2,20,21,22)(H2,23,24,25)/t7?,9-,10-/m1/s1. The SMILES string of the molecule is CC(C)(C)Nc1ccn([C@@H]2OC(COP(=O)(O)O)[C@@H](OP(=O)(O)O)C2(F)F)c(=O)n1. The third kappa shape index (κ3) is 6.61. The van der Waals surface area contributed by atoms with Crippen LogP contribution in [0.3, 0.4) is 0 Å². The van der Waals surface area contributed by atoms with Crippen LogP contribution in [0.2, 0.25) is 0 Å². The fourth-order valence-corrected chi connectivity index (χ4v) is 3.51. The Morgan fingerprint density at radius 1 is 1.27 bits per heavy atom. The Morgan fingerprint density at radius 2 is 1.87 bits per heavy atom. The van der Waals surface area contributed by atoms with E-state index >= 15 is 0 Å². The summed E-state index contributed by atoms with van der Waals surface area (Å²) in [7, 11) is -10.6. The molecule has 1 aromatic heterocycles. The average molecular weight is 479 g/mol. The molecule has 172 valence electrons. The second-order valence-corrected chi connectivity index (χ2v) is 9.81. The summed E-state index contributed by atoms with van der Waals surface area (Å²) in [6.07, 6.45) is -6.25. The highest BCUT2D eigenvalue weighted by Crippen LogP contribution is 2.51. The summed E-state index contributed by atoms with van der Waals surface area (Å²) in [6, 6.07) is 1.20. The van der Waals surface area contributed by atoms with Crippen molar-refractivity contribution in [3.8, 4) is 0 Å². The Labute approximate surface area is 168 Å². The zero-order chi connectivity index (χ0) is 23.1. The molecule has 1 aliphatic rings. The number of phosphoric ester groups is 2. The van der Waals surface area contributed by atoms with Gasteiger partial charge in [-0.3, -0.25) is 13.6 Å². The van der Waals surface area contributed by atoms with E-state index in [-0.39, 0.29) is 5.82 Å². The lowest BCUT2D eigenvalue weighted by Crippen LogP contribution is -2.43. The number of hydrogen-bond donors (Lipinski definition) is 5. The van der Waals surface area contributed by atoms with E-state index < -0.39 is 57.8 Å². The van der Waals surface area contributed by atoms with Crippen LogP contribution in [0.15, 0.2) is 17.1 Å². The number of halogens is 2. The number of phosphoric acid groups is 2. The van der Waals surface area contributed by atoms with Crippen molar-refractivity contribution in [2.75, 3.05) is 11.9 Å². The van der Waals surface area contributed by atoms with Crippen molar-refractivity contribution in [1.82, 2.24) is 9.55 Å². The van der Waals surface area contributed by atoms with Gasteiger partial charge < -0.3 is 29.6 Å². The molecule has 0 spiro atoms. The molecule has 1 aromatic rings. The van der Waals surface area contributed by atoms with Crippen LogP contribution in [-0.2, 0) is 22.9 Å². The summed E-state index contributed by atoms with van der Waals surface area (Å²) in [5, 5.41) is 2.86. The Kier molecular flexibility index (Phi) is 6.94. The molecule has 0 bridgehead atoms. The minimum Gasteiger partial charge on any atom is -0.365 e. The Hall–Kier alpha value is -1.28. The summed E-state index contributed by atoms with van der Waals surface area (Å²) in [6.45, 7) is 4.10. The Bertz CT molecular complexity index is 924. The minimum absolute atomic E-state index is 0.0782. The summed E-state index contributed by atoms with van der Waals surface area (Å²) in [4.78, 5) is 51.2. The minimum atomic E-state index is -5.48. The molecule has 1 fully saturated rings. The van der Waals surface area contributed by atoms with E-state index in [2.05, 4.69) is 19.3 Å². The molecule has 0 aliphatic carbocycles. The van der Waals surface area contributed by atoms with Gasteiger partial charge in [-0.05, 0) is 26.8 Å². The third-order valence-corrected chi connectivity index (χ3v) is 4.58. The molecule has 1 aliphatic heterocycles. The first-order chi connectivity index (χ1) is 13.4. The van der Waals surface area contributed by atoms with Gasteiger partial charge in [0.2, 0.25) is 6.23 Å². The number of anilines is 1. The zero-order valence-corrected chi connectivity index (χ0v) is 17.7. The highest BCUT2D eigenvalue weighted by molar-refractivity contribution is 7.46. The van der Waals surface area contributed by atoms with E-state index in [9.17, 15) is 22.7 Å². The number of nitrogens with zero attached hydrogens (tertiary/aromatic N) is 2. The largest absolute Gasteiger partial charge is 0.470 e. The first-order valence-electron chi connectivity index (χ1n) is 8.24. The molecule has 2 heterocycles. The second-order valence-electron chi connectivity index (χ2n) is 7.38. The van der Waals surface area contributed by atoms with E-state index in [1.165, 1.54) is 6.07 Å². The number of aromatic nitrogens is 2. The molecule has 5 N–H and O–H groups in total. The number of rotatable bonds is 7. The Balaban J connectivity index is 2.39. The smallest absolute Gasteiger partial charge is 0.365 e. The number of ether oxygens (including phenoxy) is 1. The van der Waals surface area contributed by atoms with Gasteiger partial charge in [0.05, 0.1) is 6.61 Å². The predicted octanol–water partition coefficient (Wildman–Crippen LogP) is 0.574. The van der Waals surface area contributed by atoms with E-state index in [1.807, 2.05) is 0 Å². The fourth-order valence-electron chi connectivity index (χ4n) is 2.60. The lowest BCUT2D eigenvalue weighted by Gasteiger charge is -2.25. The zero-order valence-electron chi connectivity index (χ0n) is 15.9. The van der Waals surface area contributed by atoms with Crippen LogP contribution in [0.1, 0.15) is 27.0 Å². The van der Waals surface area contributed by atoms with Crippen molar-refractivity contribution in [1.29, 1.82) is 0 Å². The molecule has 2 rings (SSSR count). The van der Waals surface area contributed by atoms with Gasteiger partial charge in [-0.2, -0.15) is 13.8 Å². The van der Waals surface area contributed by atoms with Gasteiger partial charge in [0.15, 0.2) is 6.10 Å². The first kappa shape index (κ1) is 25.0. The van der Waals surface area contributed by atoms with Crippen molar-refractivity contribution in [3.63, 3.8) is 0 Å². The highest BCUT2D eigenvalue weighted by Gasteiger charge is 2.63. The summed E-state index contributed by atoms with van der Waals surface area (Å²) in [5.74, 6) is -4.14. The van der Waals surface area contributed by atoms with Crippen molar-refractivity contribution in [2.24, 2.45) is 0 Å². The van der Waals surface area contributed by atoms with Crippen LogP contribution in [-0.4, -0.2) is 59.4 Å². The van der Waals surface area contributed by atoms with Gasteiger partial charge in [-0.25, -0.2) is 13.9 Å². The highest BCUT2D eigenvalue weighted by atomic mass is 31.2. The van der Waals surface area contributed by atoms with Crippen molar-refractivity contribution in [3.05, 3.63) is 22.7 Å². The van der Waals surface area contributed by atoms with Crippen LogP contribution in [0.25, 0.3) is 0 Å². The molecular weight excluding hydrogens is 458 g/mol. The third-order valence-electron chi connectivity index (χ3n) is 3.59. The van der Waals surface area contributed by atoms with Crippen LogP contribution >= 0.6 is 15.6 Å². The van der Waals surface area contributed by atoms with Crippen molar-refractivity contribution >= 4 is 21.5 Å². The van der Waals surface area contributed by atoms with Gasteiger partial charge >= 0.3 is 27.3 Å². The summed E-state index contributed by atoms with van der Waals surface area (Å²) in [5.41, 5.74) is -1.67. The lowest BCUT2D eigenvalue weighted by atomic mass is 10.1. The maximum Gasteiger partial charge on any atom is 0.470 e. The molecule has 1 unspecified atom stereocenters. The van der Waals surface area contributed by atoms with Gasteiger partial charge in [0, 0.05) is 11.7 Å². The second kappa shape index (κ2) is 8.34. The molecular formula is C13H21F2N3O10P2. The summed E-state index contributed by atoms with van der Waals surface area (Å²) >= 11 is 0. The van der Waals surface area contributed by atoms with E-state index in [0.717, 1.165) is 6.20 Å². The molecule has 0 radical (unpaired) electrons. The predicted molar refractivity (Wildman–Crippen MR) is 95.6 cm³/mol. The molecule has 30 heavy (non-hydrogen) atoms.